The van der Waals surface area contributed by atoms with E-state index < -0.39 is 0 Å². The number of carbonyl (C=O) groups excluding carboxylic acids is 1. The van der Waals surface area contributed by atoms with Crippen LogP contribution >= 0.6 is 0 Å². The van der Waals surface area contributed by atoms with Crippen molar-refractivity contribution in [3.8, 4) is 22.3 Å². The summed E-state index contributed by atoms with van der Waals surface area (Å²) in [5.41, 5.74) is 5.69. The van der Waals surface area contributed by atoms with Crippen LogP contribution < -0.4 is 0 Å². The molecule has 2 heterocycles. The number of furan rings is 2. The summed E-state index contributed by atoms with van der Waals surface area (Å²) in [6.45, 7) is 4.04. The molecule has 4 rings (SSSR count). The molecule has 2 aromatic carbocycles. The van der Waals surface area contributed by atoms with Crippen LogP contribution in [0.1, 0.15) is 27.4 Å². The number of carbonyl (C=O) groups is 1. The van der Waals surface area contributed by atoms with Gasteiger partial charge in [0.15, 0.2) is 11.5 Å². The maximum absolute atomic E-state index is 13.1. The van der Waals surface area contributed by atoms with E-state index in [2.05, 4.69) is 0 Å². The zero-order valence-corrected chi connectivity index (χ0v) is 14.7. The molecule has 0 spiro atoms. The van der Waals surface area contributed by atoms with Crippen LogP contribution in [0.4, 0.5) is 0 Å². The zero-order chi connectivity index (χ0) is 18.1. The fourth-order valence-corrected chi connectivity index (χ4v) is 3.15. The minimum absolute atomic E-state index is 0.256. The molecule has 0 atom stereocenters. The summed E-state index contributed by atoms with van der Waals surface area (Å²) in [5.74, 6) is 0.326. The van der Waals surface area contributed by atoms with Crippen LogP contribution in [0, 0.1) is 13.8 Å². The Kier molecular flexibility index (Phi) is 4.05. The maximum atomic E-state index is 13.1. The third-order valence-corrected chi connectivity index (χ3v) is 4.40. The van der Waals surface area contributed by atoms with Gasteiger partial charge in [-0.1, -0.05) is 59.7 Å². The second-order valence-corrected chi connectivity index (χ2v) is 6.39. The van der Waals surface area contributed by atoms with E-state index >= 15 is 0 Å². The van der Waals surface area contributed by atoms with E-state index in [0.717, 1.165) is 33.4 Å². The first kappa shape index (κ1) is 16.2. The minimum Gasteiger partial charge on any atom is -0.460 e. The summed E-state index contributed by atoms with van der Waals surface area (Å²) in [7, 11) is 0. The molecule has 0 aliphatic heterocycles. The van der Waals surface area contributed by atoms with Crippen molar-refractivity contribution in [3.05, 3.63) is 95.8 Å². The minimum atomic E-state index is -0.256. The monoisotopic (exact) mass is 342 g/mol. The highest BCUT2D eigenvalue weighted by molar-refractivity contribution is 6.12. The van der Waals surface area contributed by atoms with Gasteiger partial charge in [-0.05, 0) is 37.1 Å². The van der Waals surface area contributed by atoms with Crippen LogP contribution in [-0.4, -0.2) is 5.78 Å². The molecular weight excluding hydrogens is 324 g/mol. The van der Waals surface area contributed by atoms with E-state index in [-0.39, 0.29) is 5.78 Å². The lowest BCUT2D eigenvalue weighted by atomic mass is 9.98. The number of benzene rings is 2. The predicted molar refractivity (Wildman–Crippen MR) is 101 cm³/mol. The first-order chi connectivity index (χ1) is 12.6. The lowest BCUT2D eigenvalue weighted by Gasteiger charge is -2.05. The molecule has 0 aliphatic rings. The summed E-state index contributed by atoms with van der Waals surface area (Å²) in [5, 5.41) is 0. The molecule has 0 saturated heterocycles. The smallest absolute Gasteiger partial charge is 0.264 e. The van der Waals surface area contributed by atoms with Gasteiger partial charge in [0.1, 0.15) is 0 Å². The molecule has 0 saturated carbocycles. The Morgan fingerprint density at radius 2 is 1.15 bits per heavy atom. The van der Waals surface area contributed by atoms with Crippen LogP contribution in [-0.2, 0) is 0 Å². The Morgan fingerprint density at radius 3 is 1.58 bits per heavy atom. The quantitative estimate of drug-likeness (QED) is 0.424. The molecule has 0 unspecified atom stereocenters. The summed E-state index contributed by atoms with van der Waals surface area (Å²) >= 11 is 0. The van der Waals surface area contributed by atoms with Gasteiger partial charge in [0.05, 0.1) is 12.5 Å². The number of ketones is 1. The van der Waals surface area contributed by atoms with Gasteiger partial charge in [-0.25, -0.2) is 0 Å². The van der Waals surface area contributed by atoms with Crippen molar-refractivity contribution in [2.24, 2.45) is 0 Å². The van der Waals surface area contributed by atoms with Gasteiger partial charge in [0.2, 0.25) is 0 Å². The van der Waals surface area contributed by atoms with Crippen LogP contribution in [0.15, 0.2) is 82.0 Å². The largest absolute Gasteiger partial charge is 0.460 e. The predicted octanol–water partition coefficient (Wildman–Crippen LogP) is 6.05. The van der Waals surface area contributed by atoms with E-state index in [9.17, 15) is 4.79 Å². The van der Waals surface area contributed by atoms with Crippen LogP contribution in [0.25, 0.3) is 22.3 Å². The first-order valence-electron chi connectivity index (χ1n) is 8.47. The Balaban J connectivity index is 1.78. The molecule has 0 amide bonds. The van der Waals surface area contributed by atoms with Crippen molar-refractivity contribution in [3.63, 3.8) is 0 Å². The topological polar surface area (TPSA) is 43.4 Å². The fraction of sp³-hybridized carbons (Fsp3) is 0.0870. The van der Waals surface area contributed by atoms with Crippen molar-refractivity contribution < 1.29 is 13.6 Å². The molecule has 0 radical (unpaired) electrons. The van der Waals surface area contributed by atoms with Gasteiger partial charge in [0.25, 0.3) is 5.78 Å². The third-order valence-electron chi connectivity index (χ3n) is 4.40. The van der Waals surface area contributed by atoms with Gasteiger partial charge < -0.3 is 8.83 Å². The van der Waals surface area contributed by atoms with Crippen LogP contribution in [0.5, 0.6) is 0 Å². The molecule has 0 N–H and O–H groups in total. The highest BCUT2D eigenvalue weighted by atomic mass is 16.4. The highest BCUT2D eigenvalue weighted by Gasteiger charge is 2.24. The molecule has 3 heteroatoms. The molecule has 0 fully saturated rings. The Bertz CT molecular complexity index is 996. The van der Waals surface area contributed by atoms with Gasteiger partial charge in [-0.2, -0.15) is 0 Å². The van der Waals surface area contributed by atoms with Gasteiger partial charge >= 0.3 is 0 Å². The molecule has 0 aliphatic carbocycles. The zero-order valence-electron chi connectivity index (χ0n) is 14.7. The summed E-state index contributed by atoms with van der Waals surface area (Å²) < 4.78 is 11.1. The van der Waals surface area contributed by atoms with E-state index in [1.165, 1.54) is 0 Å². The van der Waals surface area contributed by atoms with E-state index in [1.807, 2.05) is 74.5 Å². The van der Waals surface area contributed by atoms with Crippen LogP contribution in [0.3, 0.4) is 0 Å². The standard InChI is InChI=1S/C23H18O3/c1-15-5-3-7-17(13-15)19-9-11-25-22(19)21(24)23-20(10-12-26-23)18-8-4-6-16(2)14-18/h3-14H,1-2H3. The summed E-state index contributed by atoms with van der Waals surface area (Å²) in [4.78, 5) is 13.1. The molecule has 128 valence electrons. The average Bonchev–Trinajstić information content (AvgIpc) is 3.31. The van der Waals surface area contributed by atoms with Crippen molar-refractivity contribution >= 4 is 5.78 Å². The van der Waals surface area contributed by atoms with Gasteiger partial charge in [-0.15, -0.1) is 0 Å². The highest BCUT2D eigenvalue weighted by Crippen LogP contribution is 2.32. The summed E-state index contributed by atoms with van der Waals surface area (Å²) in [6, 6.07) is 19.6. The molecule has 2 aromatic heterocycles. The fourth-order valence-electron chi connectivity index (χ4n) is 3.15. The van der Waals surface area contributed by atoms with E-state index in [0.29, 0.717) is 11.5 Å². The second-order valence-electron chi connectivity index (χ2n) is 6.39. The Morgan fingerprint density at radius 1 is 0.692 bits per heavy atom. The Labute approximate surface area is 151 Å². The molecule has 26 heavy (non-hydrogen) atoms. The van der Waals surface area contributed by atoms with Crippen molar-refractivity contribution in [1.82, 2.24) is 0 Å². The van der Waals surface area contributed by atoms with Crippen molar-refractivity contribution in [2.45, 2.75) is 13.8 Å². The Hall–Kier alpha value is -3.33. The average molecular weight is 342 g/mol. The normalized spacial score (nSPS) is 10.8. The van der Waals surface area contributed by atoms with Crippen LogP contribution in [0.2, 0.25) is 0 Å². The third kappa shape index (κ3) is 2.88. The van der Waals surface area contributed by atoms with E-state index in [1.54, 1.807) is 12.5 Å². The lowest BCUT2D eigenvalue weighted by Crippen LogP contribution is -2.02. The van der Waals surface area contributed by atoms with Crippen molar-refractivity contribution in [2.75, 3.05) is 0 Å². The molecule has 0 bridgehead atoms. The number of rotatable bonds is 4. The van der Waals surface area contributed by atoms with Crippen molar-refractivity contribution in [1.29, 1.82) is 0 Å². The number of hydrogen-bond donors (Lipinski definition) is 0. The first-order valence-corrected chi connectivity index (χ1v) is 8.47. The second kappa shape index (κ2) is 6.52. The van der Waals surface area contributed by atoms with E-state index in [4.69, 9.17) is 8.83 Å². The number of hydrogen-bond acceptors (Lipinski definition) is 3. The molecular formula is C23H18O3. The van der Waals surface area contributed by atoms with Gasteiger partial charge in [0, 0.05) is 11.1 Å². The maximum Gasteiger partial charge on any atom is 0.264 e. The summed E-state index contributed by atoms with van der Waals surface area (Å²) in [6.07, 6.45) is 3.08. The molecule has 3 nitrogen and oxygen atoms in total. The molecule has 4 aromatic rings. The van der Waals surface area contributed by atoms with Gasteiger partial charge in [-0.3, -0.25) is 4.79 Å². The number of aryl methyl sites for hydroxylation is 2. The lowest BCUT2D eigenvalue weighted by molar-refractivity contribution is 0.0985. The SMILES string of the molecule is Cc1cccc(-c2ccoc2C(=O)c2occc2-c2cccc(C)c2)c1.